The Morgan fingerprint density at radius 3 is 2.67 bits per heavy atom. The fourth-order valence-electron chi connectivity index (χ4n) is 2.50. The second kappa shape index (κ2) is 4.68. The maximum atomic E-state index is 13.8. The molecule has 1 nitrogen and oxygen atoms in total. The fraction of sp³-hybridized carbons (Fsp3) is 0.438. The summed E-state index contributed by atoms with van der Waals surface area (Å²) in [5.74, 6) is -0.249. The van der Waals surface area contributed by atoms with Crippen LogP contribution in [0.4, 0.5) is 4.39 Å². The number of nitrogens with zero attached hydrogens (tertiary/aromatic N) is 1. The van der Waals surface area contributed by atoms with Gasteiger partial charge in [-0.1, -0.05) is 38.2 Å². The SMILES string of the molecule is C=C(CC)/C(=C1/C=CC=C(F)C1=NC)C1(C)CC1. The average Bonchev–Trinajstić information content (AvgIpc) is 3.08. The highest BCUT2D eigenvalue weighted by Crippen LogP contribution is 2.55. The molecule has 0 aromatic rings. The molecule has 1 fully saturated rings. The van der Waals surface area contributed by atoms with Crippen molar-refractivity contribution >= 4 is 5.71 Å². The second-order valence-electron chi connectivity index (χ2n) is 5.25. The molecule has 18 heavy (non-hydrogen) atoms. The molecule has 0 spiro atoms. The molecule has 2 aliphatic rings. The summed E-state index contributed by atoms with van der Waals surface area (Å²) in [6.45, 7) is 8.48. The third kappa shape index (κ3) is 2.12. The van der Waals surface area contributed by atoms with Gasteiger partial charge in [0, 0.05) is 12.6 Å². The van der Waals surface area contributed by atoms with Crippen molar-refractivity contribution in [2.45, 2.75) is 33.1 Å². The van der Waals surface area contributed by atoms with Crippen LogP contribution in [0.25, 0.3) is 0 Å². The quantitative estimate of drug-likeness (QED) is 0.692. The van der Waals surface area contributed by atoms with Gasteiger partial charge in [-0.2, -0.15) is 0 Å². The van der Waals surface area contributed by atoms with Crippen molar-refractivity contribution < 1.29 is 4.39 Å². The summed E-state index contributed by atoms with van der Waals surface area (Å²) in [7, 11) is 1.64. The molecule has 0 amide bonds. The van der Waals surface area contributed by atoms with Crippen LogP contribution < -0.4 is 0 Å². The van der Waals surface area contributed by atoms with Gasteiger partial charge in [-0.25, -0.2) is 4.39 Å². The van der Waals surface area contributed by atoms with E-state index in [0.717, 1.165) is 30.4 Å². The number of allylic oxidation sites excluding steroid dienone is 7. The lowest BCUT2D eigenvalue weighted by Crippen LogP contribution is -2.14. The minimum Gasteiger partial charge on any atom is -0.285 e. The average molecular weight is 245 g/mol. The summed E-state index contributed by atoms with van der Waals surface area (Å²) in [5, 5.41) is 0. The van der Waals surface area contributed by atoms with Crippen LogP contribution in [0.3, 0.4) is 0 Å². The zero-order chi connectivity index (χ0) is 13.3. The maximum absolute atomic E-state index is 13.8. The minimum atomic E-state index is -0.249. The van der Waals surface area contributed by atoms with E-state index < -0.39 is 0 Å². The summed E-state index contributed by atoms with van der Waals surface area (Å²) in [6.07, 6.45) is 8.39. The van der Waals surface area contributed by atoms with Crippen molar-refractivity contribution in [2.75, 3.05) is 7.05 Å². The van der Waals surface area contributed by atoms with E-state index in [4.69, 9.17) is 0 Å². The molecule has 0 N–H and O–H groups in total. The predicted molar refractivity (Wildman–Crippen MR) is 75.5 cm³/mol. The molecule has 0 heterocycles. The molecule has 1 saturated carbocycles. The number of rotatable bonds is 3. The maximum Gasteiger partial charge on any atom is 0.148 e. The lowest BCUT2D eigenvalue weighted by molar-refractivity contribution is 0.672. The van der Waals surface area contributed by atoms with E-state index in [1.165, 1.54) is 11.6 Å². The molecule has 0 radical (unpaired) electrons. The summed E-state index contributed by atoms with van der Waals surface area (Å²) >= 11 is 0. The van der Waals surface area contributed by atoms with Crippen molar-refractivity contribution in [2.24, 2.45) is 10.4 Å². The first kappa shape index (κ1) is 13.0. The van der Waals surface area contributed by atoms with E-state index >= 15 is 0 Å². The van der Waals surface area contributed by atoms with Crippen molar-refractivity contribution in [1.82, 2.24) is 0 Å². The summed E-state index contributed by atoms with van der Waals surface area (Å²) in [6, 6.07) is 0. The van der Waals surface area contributed by atoms with Gasteiger partial charge in [-0.05, 0) is 36.3 Å². The lowest BCUT2D eigenvalue weighted by Gasteiger charge is -2.22. The van der Waals surface area contributed by atoms with Crippen LogP contribution in [0.15, 0.2) is 52.3 Å². The third-order valence-corrected chi connectivity index (χ3v) is 3.86. The molecule has 2 rings (SSSR count). The summed E-state index contributed by atoms with van der Waals surface area (Å²) in [4.78, 5) is 4.11. The summed E-state index contributed by atoms with van der Waals surface area (Å²) in [5.41, 5.74) is 3.86. The van der Waals surface area contributed by atoms with Crippen LogP contribution in [0.5, 0.6) is 0 Å². The standard InChI is InChI=1S/C16H20FN/c1-5-11(2)14(16(3)9-10-16)12-7-6-8-13(17)15(12)18-4/h6-8H,2,5,9-10H2,1,3-4H3/b14-12+,18-15?. The Bertz CT molecular complexity index is 499. The van der Waals surface area contributed by atoms with Crippen LogP contribution in [0.2, 0.25) is 0 Å². The van der Waals surface area contributed by atoms with Gasteiger partial charge in [0.2, 0.25) is 0 Å². The lowest BCUT2D eigenvalue weighted by atomic mass is 9.83. The highest BCUT2D eigenvalue weighted by Gasteiger charge is 2.43. The van der Waals surface area contributed by atoms with E-state index in [-0.39, 0.29) is 11.2 Å². The van der Waals surface area contributed by atoms with E-state index in [0.29, 0.717) is 5.71 Å². The summed E-state index contributed by atoms with van der Waals surface area (Å²) < 4.78 is 13.8. The Morgan fingerprint density at radius 1 is 1.50 bits per heavy atom. The van der Waals surface area contributed by atoms with E-state index in [9.17, 15) is 4.39 Å². The van der Waals surface area contributed by atoms with Crippen molar-refractivity contribution in [3.8, 4) is 0 Å². The van der Waals surface area contributed by atoms with Crippen LogP contribution in [0.1, 0.15) is 33.1 Å². The number of aliphatic imine (C=N–C) groups is 1. The Hall–Kier alpha value is -1.44. The van der Waals surface area contributed by atoms with E-state index in [1.807, 2.05) is 6.08 Å². The number of halogens is 1. The molecular formula is C16H20FN. The molecule has 0 bridgehead atoms. The Labute approximate surface area is 109 Å². The van der Waals surface area contributed by atoms with Gasteiger partial charge < -0.3 is 0 Å². The highest BCUT2D eigenvalue weighted by atomic mass is 19.1. The molecule has 0 saturated heterocycles. The van der Waals surface area contributed by atoms with Crippen molar-refractivity contribution in [1.29, 1.82) is 0 Å². The first-order valence-corrected chi connectivity index (χ1v) is 6.48. The van der Waals surface area contributed by atoms with E-state index in [1.54, 1.807) is 13.1 Å². The highest BCUT2D eigenvalue weighted by molar-refractivity contribution is 6.15. The van der Waals surface area contributed by atoms with Gasteiger partial charge in [0.1, 0.15) is 11.5 Å². The number of hydrogen-bond acceptors (Lipinski definition) is 1. The molecule has 0 aromatic heterocycles. The zero-order valence-corrected chi connectivity index (χ0v) is 11.4. The fourth-order valence-corrected chi connectivity index (χ4v) is 2.50. The van der Waals surface area contributed by atoms with Gasteiger partial charge >= 0.3 is 0 Å². The number of hydrogen-bond donors (Lipinski definition) is 0. The predicted octanol–water partition coefficient (Wildman–Crippen LogP) is 4.54. The van der Waals surface area contributed by atoms with Crippen LogP contribution in [-0.4, -0.2) is 12.8 Å². The Morgan fingerprint density at radius 2 is 2.17 bits per heavy atom. The Balaban J connectivity index is 2.58. The minimum absolute atomic E-state index is 0.167. The van der Waals surface area contributed by atoms with Crippen LogP contribution >= 0.6 is 0 Å². The second-order valence-corrected chi connectivity index (χ2v) is 5.25. The van der Waals surface area contributed by atoms with Gasteiger partial charge in [0.25, 0.3) is 0 Å². The molecule has 2 aliphatic carbocycles. The molecule has 0 unspecified atom stereocenters. The molecule has 0 aliphatic heterocycles. The molecule has 2 heteroatoms. The van der Waals surface area contributed by atoms with Gasteiger partial charge in [0.15, 0.2) is 0 Å². The van der Waals surface area contributed by atoms with Gasteiger partial charge in [0.05, 0.1) is 0 Å². The molecular weight excluding hydrogens is 225 g/mol. The molecule has 0 aromatic carbocycles. The molecule has 96 valence electrons. The zero-order valence-electron chi connectivity index (χ0n) is 11.4. The van der Waals surface area contributed by atoms with Crippen molar-refractivity contribution in [3.05, 3.63) is 47.4 Å². The van der Waals surface area contributed by atoms with Gasteiger partial charge in [-0.15, -0.1) is 0 Å². The van der Waals surface area contributed by atoms with Crippen LogP contribution in [0, 0.1) is 5.41 Å². The van der Waals surface area contributed by atoms with Crippen molar-refractivity contribution in [3.63, 3.8) is 0 Å². The molecule has 0 atom stereocenters. The van der Waals surface area contributed by atoms with E-state index in [2.05, 4.69) is 25.4 Å². The monoisotopic (exact) mass is 245 g/mol. The first-order chi connectivity index (χ1) is 8.53. The first-order valence-electron chi connectivity index (χ1n) is 6.48. The van der Waals surface area contributed by atoms with Crippen LogP contribution in [-0.2, 0) is 0 Å². The Kier molecular flexibility index (Phi) is 3.38. The smallest absolute Gasteiger partial charge is 0.148 e. The van der Waals surface area contributed by atoms with Gasteiger partial charge in [-0.3, -0.25) is 4.99 Å². The normalized spacial score (nSPS) is 26.0. The topological polar surface area (TPSA) is 12.4 Å². The largest absolute Gasteiger partial charge is 0.285 e. The third-order valence-electron chi connectivity index (χ3n) is 3.86.